The van der Waals surface area contributed by atoms with E-state index >= 15 is 0 Å². The van der Waals surface area contributed by atoms with Crippen LogP contribution in [0.3, 0.4) is 0 Å². The molecule has 2 heterocycles. The third-order valence-corrected chi connectivity index (χ3v) is 2.74. The largest absolute Gasteiger partial charge is 0.476 e. The second kappa shape index (κ2) is 4.45. The highest BCUT2D eigenvalue weighted by Gasteiger charge is 2.29. The molecule has 0 spiro atoms. The third kappa shape index (κ3) is 2.47. The van der Waals surface area contributed by atoms with E-state index in [9.17, 15) is 9.90 Å². The number of carboxylic acids is 1. The van der Waals surface area contributed by atoms with Crippen molar-refractivity contribution in [1.29, 1.82) is 0 Å². The van der Waals surface area contributed by atoms with E-state index in [4.69, 9.17) is 0 Å². The second-order valence-corrected chi connectivity index (χ2v) is 5.30. The molecule has 0 atom stereocenters. The maximum absolute atomic E-state index is 11.2. The van der Waals surface area contributed by atoms with Crippen molar-refractivity contribution in [2.24, 2.45) is 7.05 Å². The Morgan fingerprint density at radius 2 is 2.11 bits per heavy atom. The summed E-state index contributed by atoms with van der Waals surface area (Å²) in [4.78, 5) is 15.3. The normalized spacial score (nSPS) is 11.8. The molecule has 0 saturated heterocycles. The minimum Gasteiger partial charge on any atom is -0.476 e. The number of aryl methyl sites for hydroxylation is 1. The molecule has 8 nitrogen and oxygen atoms in total. The lowest BCUT2D eigenvalue weighted by atomic mass is 9.90. The Morgan fingerprint density at radius 3 is 2.58 bits per heavy atom. The highest BCUT2D eigenvalue weighted by molar-refractivity contribution is 5.86. The van der Waals surface area contributed by atoms with Gasteiger partial charge in [0.1, 0.15) is 18.7 Å². The van der Waals surface area contributed by atoms with E-state index in [1.165, 1.54) is 6.33 Å². The van der Waals surface area contributed by atoms with Crippen molar-refractivity contribution < 1.29 is 9.90 Å². The zero-order chi connectivity index (χ0) is 14.2. The van der Waals surface area contributed by atoms with E-state index in [0.717, 1.165) is 0 Å². The number of aromatic carboxylic acids is 1. The van der Waals surface area contributed by atoms with Crippen LogP contribution in [-0.4, -0.2) is 40.8 Å². The molecule has 0 fully saturated rings. The van der Waals surface area contributed by atoms with Gasteiger partial charge in [0.2, 0.25) is 0 Å². The van der Waals surface area contributed by atoms with Crippen LogP contribution in [0.5, 0.6) is 0 Å². The smallest absolute Gasteiger partial charge is 0.358 e. The molecule has 0 bridgehead atoms. The number of rotatable bonds is 3. The van der Waals surface area contributed by atoms with Crippen LogP contribution in [0, 0.1) is 0 Å². The molecule has 0 aliphatic rings. The van der Waals surface area contributed by atoms with E-state index in [1.54, 1.807) is 16.4 Å². The van der Waals surface area contributed by atoms with Gasteiger partial charge in [-0.1, -0.05) is 26.0 Å². The minimum absolute atomic E-state index is 0.0188. The van der Waals surface area contributed by atoms with Crippen molar-refractivity contribution in [3.05, 3.63) is 23.5 Å². The maximum Gasteiger partial charge on any atom is 0.358 e. The standard InChI is InChI=1S/C11H16N6O2/c1-11(2,3)9-8(10(18)19)14-15-17(9)5-7-12-6-13-16(7)4/h6H,5H2,1-4H3,(H,18,19). The van der Waals surface area contributed by atoms with Crippen LogP contribution in [0.2, 0.25) is 0 Å². The van der Waals surface area contributed by atoms with Gasteiger partial charge in [-0.3, -0.25) is 4.68 Å². The van der Waals surface area contributed by atoms with Crippen molar-refractivity contribution in [2.45, 2.75) is 32.7 Å². The second-order valence-electron chi connectivity index (χ2n) is 5.30. The number of nitrogens with zero attached hydrogens (tertiary/aromatic N) is 6. The third-order valence-electron chi connectivity index (χ3n) is 2.74. The Bertz CT molecular complexity index is 607. The molecule has 0 aromatic carbocycles. The first-order valence-electron chi connectivity index (χ1n) is 5.81. The van der Waals surface area contributed by atoms with Gasteiger partial charge in [0.15, 0.2) is 5.69 Å². The first-order valence-corrected chi connectivity index (χ1v) is 5.81. The fraction of sp³-hybridized carbons (Fsp3) is 0.545. The van der Waals surface area contributed by atoms with Crippen molar-refractivity contribution in [3.63, 3.8) is 0 Å². The first kappa shape index (κ1) is 13.2. The fourth-order valence-electron chi connectivity index (χ4n) is 1.91. The predicted octanol–water partition coefficient (Wildman–Crippen LogP) is 0.451. The zero-order valence-electron chi connectivity index (χ0n) is 11.3. The summed E-state index contributed by atoms with van der Waals surface area (Å²) < 4.78 is 3.18. The molecule has 0 amide bonds. The average Bonchev–Trinajstić information content (AvgIpc) is 2.85. The van der Waals surface area contributed by atoms with E-state index in [-0.39, 0.29) is 11.1 Å². The Balaban J connectivity index is 2.47. The van der Waals surface area contributed by atoms with Gasteiger partial charge in [-0.15, -0.1) is 5.10 Å². The van der Waals surface area contributed by atoms with Gasteiger partial charge >= 0.3 is 5.97 Å². The van der Waals surface area contributed by atoms with Gasteiger partial charge in [-0.2, -0.15) is 5.10 Å². The first-order chi connectivity index (χ1) is 8.80. The molecular formula is C11H16N6O2. The van der Waals surface area contributed by atoms with Crippen molar-refractivity contribution >= 4 is 5.97 Å². The van der Waals surface area contributed by atoms with Crippen LogP contribution in [0.1, 0.15) is 42.8 Å². The molecule has 0 aliphatic heterocycles. The number of hydrogen-bond donors (Lipinski definition) is 1. The molecule has 8 heteroatoms. The topological polar surface area (TPSA) is 98.7 Å². The lowest BCUT2D eigenvalue weighted by Gasteiger charge is -2.20. The van der Waals surface area contributed by atoms with Gasteiger partial charge in [0, 0.05) is 12.5 Å². The van der Waals surface area contributed by atoms with Crippen molar-refractivity contribution in [1.82, 2.24) is 29.8 Å². The molecular weight excluding hydrogens is 248 g/mol. The van der Waals surface area contributed by atoms with E-state index < -0.39 is 5.97 Å². The van der Waals surface area contributed by atoms with Crippen LogP contribution >= 0.6 is 0 Å². The molecule has 2 aromatic rings. The number of hydrogen-bond acceptors (Lipinski definition) is 5. The summed E-state index contributed by atoms with van der Waals surface area (Å²) >= 11 is 0. The van der Waals surface area contributed by atoms with Crippen LogP contribution in [0.4, 0.5) is 0 Å². The average molecular weight is 264 g/mol. The van der Waals surface area contributed by atoms with Gasteiger partial charge in [-0.05, 0) is 0 Å². The van der Waals surface area contributed by atoms with Crippen molar-refractivity contribution in [2.75, 3.05) is 0 Å². The minimum atomic E-state index is -1.07. The Morgan fingerprint density at radius 1 is 1.42 bits per heavy atom. The summed E-state index contributed by atoms with van der Waals surface area (Å²) in [5.41, 5.74) is 0.174. The molecule has 0 saturated carbocycles. The van der Waals surface area contributed by atoms with Gasteiger partial charge < -0.3 is 5.11 Å². The Kier molecular flexibility index (Phi) is 3.09. The van der Waals surface area contributed by atoms with Crippen molar-refractivity contribution in [3.8, 4) is 0 Å². The van der Waals surface area contributed by atoms with Gasteiger partial charge in [-0.25, -0.2) is 14.5 Å². The predicted molar refractivity (Wildman–Crippen MR) is 65.8 cm³/mol. The number of carbonyl (C=O) groups is 1. The lowest BCUT2D eigenvalue weighted by Crippen LogP contribution is -2.23. The molecule has 0 unspecified atom stereocenters. The van der Waals surface area contributed by atoms with Crippen LogP contribution < -0.4 is 0 Å². The molecule has 2 rings (SSSR count). The van der Waals surface area contributed by atoms with Gasteiger partial charge in [0.25, 0.3) is 0 Å². The highest BCUT2D eigenvalue weighted by Crippen LogP contribution is 2.25. The number of carboxylic acid groups (broad SMARTS) is 1. The van der Waals surface area contributed by atoms with Crippen LogP contribution in [0.15, 0.2) is 6.33 Å². The van der Waals surface area contributed by atoms with Gasteiger partial charge in [0.05, 0.1) is 5.69 Å². The van der Waals surface area contributed by atoms with E-state index in [1.807, 2.05) is 20.8 Å². The van der Waals surface area contributed by atoms with Crippen LogP contribution in [0.25, 0.3) is 0 Å². The molecule has 1 N–H and O–H groups in total. The molecule has 0 aliphatic carbocycles. The van der Waals surface area contributed by atoms with E-state index in [0.29, 0.717) is 18.1 Å². The summed E-state index contributed by atoms with van der Waals surface area (Å²) in [6, 6.07) is 0. The summed E-state index contributed by atoms with van der Waals surface area (Å²) in [6.07, 6.45) is 1.45. The summed E-state index contributed by atoms with van der Waals surface area (Å²) in [5, 5.41) is 20.8. The SMILES string of the molecule is Cn1ncnc1Cn1nnc(C(=O)O)c1C(C)(C)C. The molecule has 2 aromatic heterocycles. The molecule has 19 heavy (non-hydrogen) atoms. The van der Waals surface area contributed by atoms with E-state index in [2.05, 4.69) is 20.4 Å². The Labute approximate surface area is 110 Å². The molecule has 102 valence electrons. The Hall–Kier alpha value is -2.25. The maximum atomic E-state index is 11.2. The summed E-state index contributed by atoms with van der Waals surface area (Å²) in [6.45, 7) is 6.10. The zero-order valence-corrected chi connectivity index (χ0v) is 11.3. The lowest BCUT2D eigenvalue weighted by molar-refractivity contribution is 0.0687. The highest BCUT2D eigenvalue weighted by atomic mass is 16.4. The number of aromatic nitrogens is 6. The molecule has 0 radical (unpaired) electrons. The van der Waals surface area contributed by atoms with Crippen LogP contribution in [-0.2, 0) is 19.0 Å². The monoisotopic (exact) mass is 264 g/mol. The summed E-state index contributed by atoms with van der Waals surface area (Å²) in [5.74, 6) is -0.388. The quantitative estimate of drug-likeness (QED) is 0.864. The fourth-order valence-corrected chi connectivity index (χ4v) is 1.91. The summed E-state index contributed by atoms with van der Waals surface area (Å²) in [7, 11) is 1.77.